The summed E-state index contributed by atoms with van der Waals surface area (Å²) in [5, 5.41) is 21.2. The molecule has 1 aliphatic rings. The van der Waals surface area contributed by atoms with Crippen molar-refractivity contribution in [1.82, 2.24) is 14.8 Å². The highest BCUT2D eigenvalue weighted by atomic mass is 35.5. The number of nitrogens with one attached hydrogen (secondary N) is 1. The molecule has 1 aromatic heterocycles. The largest absolute Gasteiger partial charge is 0.378 e. The van der Waals surface area contributed by atoms with Crippen molar-refractivity contribution < 1.29 is 9.53 Å². The number of morpholine rings is 1. The number of thioether (sulfide) groups is 1. The SMILES string of the molecule is Cc1cccc(-n2c(SC(C)C(=O)Nc3ccc(C#N)c(Cl)c3)nnc2N2CCOCC2)c1. The normalized spacial score (nSPS) is 14.5. The van der Waals surface area contributed by atoms with E-state index in [1.165, 1.54) is 11.8 Å². The predicted molar refractivity (Wildman–Crippen MR) is 129 cm³/mol. The number of nitriles is 1. The monoisotopic (exact) mass is 482 g/mol. The average Bonchev–Trinajstić information content (AvgIpc) is 3.23. The Morgan fingerprint density at radius 2 is 2.03 bits per heavy atom. The fourth-order valence-corrected chi connectivity index (χ4v) is 4.52. The number of hydrogen-bond acceptors (Lipinski definition) is 7. The topological polar surface area (TPSA) is 96.1 Å². The van der Waals surface area contributed by atoms with Gasteiger partial charge in [0.05, 0.1) is 34.7 Å². The molecular formula is C23H23ClN6O2S. The second kappa shape index (κ2) is 10.3. The van der Waals surface area contributed by atoms with E-state index in [0.717, 1.165) is 30.3 Å². The number of amides is 1. The molecular weight excluding hydrogens is 460 g/mol. The van der Waals surface area contributed by atoms with Crippen LogP contribution in [-0.2, 0) is 9.53 Å². The maximum absolute atomic E-state index is 12.9. The van der Waals surface area contributed by atoms with Gasteiger partial charge >= 0.3 is 0 Å². The van der Waals surface area contributed by atoms with E-state index in [9.17, 15) is 4.79 Å². The Kier molecular flexibility index (Phi) is 7.18. The third kappa shape index (κ3) is 5.30. The van der Waals surface area contributed by atoms with Gasteiger partial charge in [-0.1, -0.05) is 35.5 Å². The number of halogens is 1. The van der Waals surface area contributed by atoms with Crippen LogP contribution in [0, 0.1) is 18.3 Å². The van der Waals surface area contributed by atoms with Crippen LogP contribution in [0.25, 0.3) is 5.69 Å². The van der Waals surface area contributed by atoms with E-state index in [-0.39, 0.29) is 5.91 Å². The lowest BCUT2D eigenvalue weighted by Crippen LogP contribution is -2.38. The summed E-state index contributed by atoms with van der Waals surface area (Å²) in [6, 6.07) is 14.9. The molecule has 1 amide bonds. The van der Waals surface area contributed by atoms with Gasteiger partial charge in [0, 0.05) is 18.8 Å². The minimum atomic E-state index is -0.454. The molecule has 2 heterocycles. The number of aryl methyl sites for hydroxylation is 1. The first-order chi connectivity index (χ1) is 16.0. The molecule has 0 saturated carbocycles. The molecule has 0 bridgehead atoms. The third-order valence-corrected chi connectivity index (χ3v) is 6.53. The summed E-state index contributed by atoms with van der Waals surface area (Å²) < 4.78 is 7.48. The van der Waals surface area contributed by atoms with E-state index in [4.69, 9.17) is 21.6 Å². The Balaban J connectivity index is 1.58. The van der Waals surface area contributed by atoms with Crippen molar-refractivity contribution in [1.29, 1.82) is 5.26 Å². The molecule has 33 heavy (non-hydrogen) atoms. The molecule has 0 spiro atoms. The van der Waals surface area contributed by atoms with Gasteiger partial charge in [0.1, 0.15) is 6.07 Å². The summed E-state index contributed by atoms with van der Waals surface area (Å²) in [4.78, 5) is 15.0. The van der Waals surface area contributed by atoms with Gasteiger partial charge in [-0.05, 0) is 49.7 Å². The molecule has 3 aromatic rings. The van der Waals surface area contributed by atoms with Gasteiger partial charge in [-0.2, -0.15) is 5.26 Å². The van der Waals surface area contributed by atoms with Crippen molar-refractivity contribution in [2.24, 2.45) is 0 Å². The van der Waals surface area contributed by atoms with Gasteiger partial charge in [-0.3, -0.25) is 9.36 Å². The number of aromatic nitrogens is 3. The standard InChI is InChI=1S/C23H23ClN6O2S/c1-15-4-3-5-19(12-15)30-22(29-8-10-32-11-9-29)27-28-23(30)33-16(2)21(31)26-18-7-6-17(14-25)20(24)13-18/h3-7,12-13,16H,8-11H2,1-2H3,(H,26,31). The highest BCUT2D eigenvalue weighted by Gasteiger charge is 2.25. The van der Waals surface area contributed by atoms with Gasteiger partial charge in [-0.25, -0.2) is 0 Å². The average molecular weight is 483 g/mol. The molecule has 1 N–H and O–H groups in total. The quantitative estimate of drug-likeness (QED) is 0.529. The second-order valence-electron chi connectivity index (χ2n) is 7.61. The summed E-state index contributed by atoms with van der Waals surface area (Å²) in [5.41, 5.74) is 2.95. The maximum Gasteiger partial charge on any atom is 0.237 e. The molecule has 1 saturated heterocycles. The molecule has 1 aliphatic heterocycles. The van der Waals surface area contributed by atoms with Crippen LogP contribution in [0.1, 0.15) is 18.1 Å². The van der Waals surface area contributed by atoms with E-state index in [0.29, 0.717) is 34.6 Å². The van der Waals surface area contributed by atoms with Crippen molar-refractivity contribution in [2.45, 2.75) is 24.3 Å². The number of anilines is 2. The number of carbonyl (C=O) groups excluding carboxylic acids is 1. The molecule has 170 valence electrons. The van der Waals surface area contributed by atoms with Gasteiger partial charge in [0.25, 0.3) is 0 Å². The fourth-order valence-electron chi connectivity index (χ4n) is 3.44. The molecule has 2 aromatic carbocycles. The van der Waals surface area contributed by atoms with E-state index >= 15 is 0 Å². The summed E-state index contributed by atoms with van der Waals surface area (Å²) in [5.74, 6) is 0.533. The van der Waals surface area contributed by atoms with Gasteiger partial charge in [0.2, 0.25) is 11.9 Å². The maximum atomic E-state index is 12.9. The molecule has 1 atom stereocenters. The minimum absolute atomic E-state index is 0.201. The van der Waals surface area contributed by atoms with Crippen LogP contribution in [0.5, 0.6) is 0 Å². The van der Waals surface area contributed by atoms with E-state index < -0.39 is 5.25 Å². The lowest BCUT2D eigenvalue weighted by Gasteiger charge is -2.28. The molecule has 1 fully saturated rings. The molecule has 10 heteroatoms. The van der Waals surface area contributed by atoms with E-state index in [1.807, 2.05) is 42.7 Å². The summed E-state index contributed by atoms with van der Waals surface area (Å²) in [7, 11) is 0. The van der Waals surface area contributed by atoms with Crippen LogP contribution in [0.15, 0.2) is 47.6 Å². The molecule has 4 rings (SSSR count). The third-order valence-electron chi connectivity index (χ3n) is 5.18. The molecule has 8 nitrogen and oxygen atoms in total. The first-order valence-corrected chi connectivity index (χ1v) is 11.7. The zero-order chi connectivity index (χ0) is 23.4. The minimum Gasteiger partial charge on any atom is -0.378 e. The zero-order valence-electron chi connectivity index (χ0n) is 18.3. The van der Waals surface area contributed by atoms with Gasteiger partial charge in [-0.15, -0.1) is 10.2 Å². The van der Waals surface area contributed by atoms with Gasteiger partial charge < -0.3 is 15.0 Å². The van der Waals surface area contributed by atoms with E-state index in [2.05, 4.69) is 26.5 Å². The number of nitrogens with zero attached hydrogens (tertiary/aromatic N) is 5. The number of ether oxygens (including phenoxy) is 1. The van der Waals surface area contributed by atoms with Gasteiger partial charge in [0.15, 0.2) is 5.16 Å². The predicted octanol–water partition coefficient (Wildman–Crippen LogP) is 4.06. The van der Waals surface area contributed by atoms with Crippen molar-refractivity contribution in [3.05, 3.63) is 58.6 Å². The Morgan fingerprint density at radius 1 is 1.24 bits per heavy atom. The Hall–Kier alpha value is -3.06. The summed E-state index contributed by atoms with van der Waals surface area (Å²) in [6.45, 7) is 6.57. The highest BCUT2D eigenvalue weighted by Crippen LogP contribution is 2.30. The van der Waals surface area contributed by atoms with Crippen molar-refractivity contribution in [3.63, 3.8) is 0 Å². The van der Waals surface area contributed by atoms with Crippen LogP contribution in [0.2, 0.25) is 5.02 Å². The first kappa shape index (κ1) is 23.1. The van der Waals surface area contributed by atoms with Crippen LogP contribution >= 0.6 is 23.4 Å². The van der Waals surface area contributed by atoms with Crippen LogP contribution in [0.3, 0.4) is 0 Å². The van der Waals surface area contributed by atoms with Crippen LogP contribution in [0.4, 0.5) is 11.6 Å². The number of benzene rings is 2. The van der Waals surface area contributed by atoms with Crippen molar-refractivity contribution in [2.75, 3.05) is 36.5 Å². The van der Waals surface area contributed by atoms with Crippen molar-refractivity contribution >= 4 is 40.9 Å². The lowest BCUT2D eigenvalue weighted by atomic mass is 10.2. The smallest absolute Gasteiger partial charge is 0.237 e. The van der Waals surface area contributed by atoms with Crippen molar-refractivity contribution in [3.8, 4) is 11.8 Å². The molecule has 0 radical (unpaired) electrons. The Bertz CT molecular complexity index is 1200. The Morgan fingerprint density at radius 3 is 2.73 bits per heavy atom. The summed E-state index contributed by atoms with van der Waals surface area (Å²) in [6.07, 6.45) is 0. The Labute approximate surface area is 201 Å². The second-order valence-corrected chi connectivity index (χ2v) is 9.33. The number of carbonyl (C=O) groups is 1. The number of hydrogen-bond donors (Lipinski definition) is 1. The lowest BCUT2D eigenvalue weighted by molar-refractivity contribution is -0.115. The number of rotatable bonds is 6. The zero-order valence-corrected chi connectivity index (χ0v) is 19.9. The van der Waals surface area contributed by atoms with Crippen LogP contribution < -0.4 is 10.2 Å². The van der Waals surface area contributed by atoms with Crippen LogP contribution in [-0.4, -0.2) is 52.2 Å². The highest BCUT2D eigenvalue weighted by molar-refractivity contribution is 8.00. The fraction of sp³-hybridized carbons (Fsp3) is 0.304. The molecule has 1 unspecified atom stereocenters. The molecule has 0 aliphatic carbocycles. The van der Waals surface area contributed by atoms with E-state index in [1.54, 1.807) is 18.2 Å². The first-order valence-electron chi connectivity index (χ1n) is 10.5. The summed E-state index contributed by atoms with van der Waals surface area (Å²) >= 11 is 7.42.